The largest absolute Gasteiger partial charge is 1.00 e. The summed E-state index contributed by atoms with van der Waals surface area (Å²) in [4.78, 5) is 78.2. The number of nitrogens with zero attached hydrogens (tertiary/aromatic N) is 13. The van der Waals surface area contributed by atoms with E-state index in [1.165, 1.54) is 79.3 Å². The number of benzene rings is 3. The Kier molecular flexibility index (Phi) is 63.3. The Bertz CT molecular complexity index is 4490. The van der Waals surface area contributed by atoms with E-state index in [4.69, 9.17) is 51.2 Å². The molecule has 141 heavy (non-hydrogen) atoms. The van der Waals surface area contributed by atoms with Crippen LogP contribution in [-0.4, -0.2) is 178 Å². The molecule has 4 aliphatic heterocycles. The van der Waals surface area contributed by atoms with E-state index in [0.717, 1.165) is 101 Å². The second-order valence-electron chi connectivity index (χ2n) is 37.5. The van der Waals surface area contributed by atoms with Crippen molar-refractivity contribution < 1.29 is 88.4 Å². The quantitative estimate of drug-likeness (QED) is 0.00626. The number of carboxylic acid groups (broad SMARTS) is 1. The van der Waals surface area contributed by atoms with Gasteiger partial charge in [0, 0.05) is 107 Å². The summed E-state index contributed by atoms with van der Waals surface area (Å²) in [6.45, 7) is 60.4. The van der Waals surface area contributed by atoms with Crippen molar-refractivity contribution in [1.29, 1.82) is 0 Å². The first-order chi connectivity index (χ1) is 66.5. The number of urea groups is 4. The summed E-state index contributed by atoms with van der Waals surface area (Å²) in [5, 5.41) is 37.6. The minimum absolute atomic E-state index is 0. The van der Waals surface area contributed by atoms with Gasteiger partial charge >= 0.3 is 88.2 Å². The van der Waals surface area contributed by atoms with Gasteiger partial charge in [-0.25, -0.2) is 68.3 Å². The van der Waals surface area contributed by atoms with Crippen molar-refractivity contribution in [3.63, 3.8) is 0 Å². The molecular weight excluding hydrogens is 2050 g/mol. The topological polar surface area (TPSA) is 335 Å². The van der Waals surface area contributed by atoms with Crippen molar-refractivity contribution >= 4 is 111 Å². The molecule has 3 aromatic carbocycles. The molecule has 0 spiro atoms. The molecule has 7 aliphatic carbocycles. The number of allylic oxidation sites excluding steroid dienone is 8. The number of rotatable bonds is 18. The van der Waals surface area contributed by atoms with Crippen LogP contribution < -0.4 is 73.0 Å². The van der Waals surface area contributed by atoms with Crippen LogP contribution in [0.25, 0.3) is 6.08 Å². The number of nitrogens with two attached hydrogens (primary N) is 2. The van der Waals surface area contributed by atoms with Crippen molar-refractivity contribution in [2.75, 3.05) is 25.2 Å². The molecular formula is C107H164Br2Cl2N19NaO9Ru. The fourth-order valence-electron chi connectivity index (χ4n) is 17.3. The third-order valence-corrected chi connectivity index (χ3v) is 25.0. The second-order valence-corrected chi connectivity index (χ2v) is 41.9. The third-order valence-electron chi connectivity index (χ3n) is 24.1. The molecule has 6 bridgehead atoms. The molecule has 5 aromatic rings. The number of hydrazine groups is 6. The summed E-state index contributed by atoms with van der Waals surface area (Å²) in [5.41, 5.74) is 21.3. The number of aliphatic hydroxyl groups is 1. The van der Waals surface area contributed by atoms with Crippen LogP contribution in [0.5, 0.6) is 0 Å². The molecule has 6 heterocycles. The number of fused-ring (bicyclic) bond motifs is 6. The van der Waals surface area contributed by atoms with Crippen LogP contribution >= 0.6 is 51.2 Å². The van der Waals surface area contributed by atoms with E-state index < -0.39 is 5.97 Å². The Morgan fingerprint density at radius 1 is 0.610 bits per heavy atom. The van der Waals surface area contributed by atoms with Crippen LogP contribution in [0.15, 0.2) is 209 Å². The molecule has 2 saturated heterocycles. The van der Waals surface area contributed by atoms with E-state index in [1.54, 1.807) is 54.8 Å². The fourth-order valence-corrected chi connectivity index (χ4v) is 17.9. The number of aromatic nitrogens is 2. The van der Waals surface area contributed by atoms with E-state index in [1.807, 2.05) is 198 Å². The third kappa shape index (κ3) is 44.1. The number of carbonyl (C=O) groups is 6. The normalized spacial score (nSPS) is 21.9. The number of hydrogen-bond acceptors (Lipinski definition) is 20. The fraction of sp³-hybridized carbons (Fsp3) is 0.533. The number of carboxylic acids is 1. The summed E-state index contributed by atoms with van der Waals surface area (Å²) in [5.74, 6) is 18.1. The predicted octanol–water partition coefficient (Wildman–Crippen LogP) is 19.1. The van der Waals surface area contributed by atoms with Gasteiger partial charge < -0.3 is 29.4 Å². The minimum atomic E-state index is -1.08. The Balaban J connectivity index is 0.000000542. The minimum Gasteiger partial charge on any atom is 1.00 e. The van der Waals surface area contributed by atoms with E-state index >= 15 is 0 Å². The Hall–Kier alpha value is -8.01. The maximum atomic E-state index is 12.7. The number of aliphatic hydroxyl groups excluding tert-OH is 1. The van der Waals surface area contributed by atoms with Crippen LogP contribution in [0.3, 0.4) is 0 Å². The molecule has 12 atom stereocenters. The van der Waals surface area contributed by atoms with Gasteiger partial charge in [0.05, 0.1) is 31.1 Å². The first-order valence-corrected chi connectivity index (χ1v) is 55.0. The van der Waals surface area contributed by atoms with Crippen molar-refractivity contribution in [2.45, 2.75) is 278 Å². The zero-order valence-electron chi connectivity index (χ0n) is 88.3. The Morgan fingerprint density at radius 2 is 1.04 bits per heavy atom. The molecule has 4 saturated carbocycles. The number of aldehydes is 1. The Labute approximate surface area is 899 Å². The Morgan fingerprint density at radius 3 is 1.35 bits per heavy atom. The van der Waals surface area contributed by atoms with Crippen molar-refractivity contribution in [3.05, 3.63) is 240 Å². The van der Waals surface area contributed by atoms with E-state index in [2.05, 4.69) is 211 Å². The first-order valence-electron chi connectivity index (χ1n) is 49.0. The van der Waals surface area contributed by atoms with Crippen LogP contribution in [-0.2, 0) is 29.5 Å². The number of aliphatic carboxylic acids is 1. The summed E-state index contributed by atoms with van der Waals surface area (Å²) in [6, 6.07) is 32.4. The number of hydrazone groups is 2. The molecule has 8 amide bonds. The zero-order valence-corrected chi connectivity index (χ0v) is 96.7. The summed E-state index contributed by atoms with van der Waals surface area (Å²) in [6.07, 6.45) is 41.9. The van der Waals surface area contributed by atoms with Gasteiger partial charge in [-0.2, -0.15) is 41.2 Å². The van der Waals surface area contributed by atoms with Gasteiger partial charge in [-0.3, -0.25) is 40.9 Å². The van der Waals surface area contributed by atoms with Gasteiger partial charge in [0.25, 0.3) is 0 Å². The molecule has 9 N–H and O–H groups in total. The maximum absolute atomic E-state index is 12.7. The van der Waals surface area contributed by atoms with Crippen molar-refractivity contribution in [3.8, 4) is 0 Å². The number of anilines is 1. The molecule has 16 rings (SSSR count). The standard InChI is InChI=1S/C23H32N4O.C15H26N4O.C15H24N4O.C13H18N.C8H10O.C7H18N4O.C7H7.2C5H4BrN.C4H8O.C2H4O2.C2H6.CH4O.2ClH.Na.Ru/c1-6-20-14-19(13-12-18-10-8-7-9-11-18)15-21(20)22-24-26(16(2)3)23(28)27(25-22)17(4)5;2*1-9(2)18-15(20)19(10(3)4)17-14(16-18)13-8-11-5-6-12(13)7-11;1-10-8-11(2)13(12(3)9-10)14-6-4-5-7-14;9-5-8-4-6-1-2-7(8)3-6;1-5(2)10(8)7(12)11(9)6(3)4;1-7-5-3-2-4-6-7;2*6-5-2-1-3-7-4-5;1-3-5-4-2;1-2(3)4;2*1-2;;;;/h6-13,16-17,19-21H,1,14-15H2,2-5H3,(H,24,25);5-6,9-14,16-17H,7-8H2,1-4H3;5-6,9-13H,7-8H2,1-4H3,(H,16,17);6,8-9H,4-5,7H2,1-3H3;1-2,5-8H,3-4H2;5-6H,8-9H2,1-4H3;2-6H,1H2;2*1-4H;3H,1,4H2,2H3;1H3,(H,3,4);1-2H3;2H,1H3;2*1H;;/q;;;-1;;;-1;;;;;;;;;+1;+4/p-3/b13-12+;;;;;;;;;;;;;;;;. The van der Waals surface area contributed by atoms with E-state index in [9.17, 15) is 24.0 Å². The summed E-state index contributed by atoms with van der Waals surface area (Å²) in [7, 11) is 10.7. The number of halogens is 4. The first kappa shape index (κ1) is 129. The number of hydrogen-bond donors (Lipinski definition) is 7. The molecule has 12 unspecified atom stereocenters. The molecule has 2 aromatic heterocycles. The molecule has 778 valence electrons. The monoisotopic (exact) mass is 2210 g/mol. The van der Waals surface area contributed by atoms with Gasteiger partial charge in [-0.05, 0) is 329 Å². The number of pyridine rings is 2. The molecule has 11 aliphatic rings. The summed E-state index contributed by atoms with van der Waals surface area (Å²) >= 11 is 6.15. The number of aryl methyl sites for hydroxylation is 3. The molecule has 34 heteroatoms. The number of carbonyl (C=O) groups excluding carboxylic acids is 6. The van der Waals surface area contributed by atoms with Crippen LogP contribution in [0.2, 0.25) is 0 Å². The van der Waals surface area contributed by atoms with E-state index in [0.29, 0.717) is 53.3 Å². The molecule has 28 nitrogen and oxygen atoms in total. The predicted molar refractivity (Wildman–Crippen MR) is 575 cm³/mol. The number of amides is 8. The summed E-state index contributed by atoms with van der Waals surface area (Å²) < 4.78 is 6.64. The average Bonchev–Trinajstić information content (AvgIpc) is 1.66. The van der Waals surface area contributed by atoms with Crippen LogP contribution in [0.4, 0.5) is 24.9 Å². The van der Waals surface area contributed by atoms with Crippen LogP contribution in [0.1, 0.15) is 231 Å². The van der Waals surface area contributed by atoms with Crippen molar-refractivity contribution in [1.82, 2.24) is 71.7 Å². The van der Waals surface area contributed by atoms with Gasteiger partial charge in [0.2, 0.25) is 0 Å². The number of amidine groups is 2. The van der Waals surface area contributed by atoms with Crippen LogP contribution in [0, 0.1) is 105 Å². The van der Waals surface area contributed by atoms with E-state index in [-0.39, 0.29) is 129 Å². The maximum Gasteiger partial charge on any atom is 1.00 e. The number of ether oxygens (including phenoxy) is 1. The van der Waals surface area contributed by atoms with Gasteiger partial charge in [-0.1, -0.05) is 136 Å². The van der Waals surface area contributed by atoms with Gasteiger partial charge in [-0.15, -0.1) is 18.7 Å². The smallest absolute Gasteiger partial charge is 1.00 e. The molecule has 0 radical (unpaired) electrons. The van der Waals surface area contributed by atoms with Gasteiger partial charge in [0.1, 0.15) is 18.0 Å². The van der Waals surface area contributed by atoms with Gasteiger partial charge in [0.15, 0.2) is 0 Å². The van der Waals surface area contributed by atoms with Crippen molar-refractivity contribution in [2.24, 2.45) is 92.9 Å². The SMILES string of the molecule is Brc1cccnc1.Brc1cccnc1.C=CC1CC(/C=C/c2ccccc2)CC1C1=NN(C(C)C)C(=O)N(C(C)C)N1.C=COCC.CC.CC(=O)[O-].CC(C)N(N)C(=O)N(N)C(C)C.CC(C)N1N=C(C2CC3C=CC2C3)NN(C(C)C)C1=O.CC(C)N1NC(C2CC3C=CC2C3)NN(C(C)C)C1=O.CO.Cc1cc(C)c(N2[CH-]CCC2)c(C)c1.O=CC1CC2C=CC1C2.[CH2-]c1ccccc1.[Cl][Ru+2][Cl].[Na+]. The average molecular weight is 2220 g/mol. The number of nitrogens with one attached hydrogen (secondary N) is 4. The molecule has 6 fully saturated rings. The zero-order chi connectivity index (χ0) is 105. The second kappa shape index (κ2) is 69.1.